The summed E-state index contributed by atoms with van der Waals surface area (Å²) in [6, 6.07) is 33.1. The molecule has 16 rings (SSSR count). The first kappa shape index (κ1) is 92.7. The van der Waals surface area contributed by atoms with Crippen LogP contribution in [0, 0.1) is 20.8 Å². The molecule has 0 aliphatic carbocycles. The van der Waals surface area contributed by atoms with E-state index in [9.17, 15) is 24.0 Å². The van der Waals surface area contributed by atoms with E-state index in [-0.39, 0.29) is 18.1 Å². The van der Waals surface area contributed by atoms with Crippen molar-refractivity contribution in [2.75, 3.05) is 16.0 Å². The number of imidazole rings is 7. The first-order valence-corrected chi connectivity index (χ1v) is 39.8. The quantitative estimate of drug-likeness (QED) is 0.0319. The Kier molecular flexibility index (Phi) is 32.5. The molecule has 16 aromatic rings. The van der Waals surface area contributed by atoms with Crippen molar-refractivity contribution in [3.8, 4) is 11.6 Å². The number of nitrogens with two attached hydrogens (primary N) is 5. The maximum atomic E-state index is 11.3. The van der Waals surface area contributed by atoms with Gasteiger partial charge in [0.15, 0.2) is 56.3 Å². The molecule has 0 saturated carbocycles. The lowest BCUT2D eigenvalue weighted by Crippen LogP contribution is -2.11. The van der Waals surface area contributed by atoms with E-state index in [1.54, 1.807) is 116 Å². The predicted molar refractivity (Wildman–Crippen MR) is 488 cm³/mol. The topological polar surface area (TPSA) is 470 Å². The van der Waals surface area contributed by atoms with Crippen LogP contribution < -0.4 is 44.6 Å². The highest BCUT2D eigenvalue weighted by atomic mass is 79.9. The molecule has 33 nitrogen and oxygen atoms in total. The van der Waals surface area contributed by atoms with Crippen LogP contribution in [0.25, 0.3) is 50.9 Å². The van der Waals surface area contributed by atoms with E-state index < -0.39 is 29.6 Å². The van der Waals surface area contributed by atoms with Gasteiger partial charge in [-0.25, -0.2) is 64.6 Å². The molecule has 4 aromatic carbocycles. The average Bonchev–Trinajstić information content (AvgIpc) is 1.65. The monoisotopic (exact) mass is 1870 g/mol. The zero-order valence-corrected chi connectivity index (χ0v) is 73.7. The number of nitrogens with zero attached hydrogens (tertiary/aromatic N) is 18. The molecule has 123 heavy (non-hydrogen) atoms. The molecule has 12 aromatic heterocycles. The Balaban J connectivity index is 0.000000172. The number of primary amides is 4. The summed E-state index contributed by atoms with van der Waals surface area (Å²) in [6.45, 7) is 29.9. The molecular weight excluding hydrogens is 1780 g/mol. The normalized spacial score (nSPS) is 10.5. The van der Waals surface area contributed by atoms with E-state index in [0.717, 1.165) is 117 Å². The molecule has 0 aliphatic heterocycles. The summed E-state index contributed by atoms with van der Waals surface area (Å²) in [6.07, 6.45) is 27.1. The number of benzene rings is 4. The van der Waals surface area contributed by atoms with Crippen LogP contribution in [0.1, 0.15) is 155 Å². The molecule has 0 spiro atoms. The van der Waals surface area contributed by atoms with Gasteiger partial charge in [-0.2, -0.15) is 0 Å². The summed E-state index contributed by atoms with van der Waals surface area (Å²) in [5, 5.41) is 18.3. The van der Waals surface area contributed by atoms with Gasteiger partial charge >= 0.3 is 5.97 Å². The van der Waals surface area contributed by atoms with Gasteiger partial charge in [0.25, 0.3) is 0 Å². The number of rotatable bonds is 21. The maximum absolute atomic E-state index is 11.3. The largest absolute Gasteiger partial charge is 0.477 e. The van der Waals surface area contributed by atoms with Crippen molar-refractivity contribution in [2.24, 2.45) is 28.7 Å². The molecule has 632 valence electrons. The summed E-state index contributed by atoms with van der Waals surface area (Å²) >= 11 is 10.1. The van der Waals surface area contributed by atoms with Gasteiger partial charge in [0.05, 0.1) is 48.1 Å². The second-order valence-electron chi connectivity index (χ2n) is 27.4. The third kappa shape index (κ3) is 24.5. The molecule has 0 aliphatic rings. The Morgan fingerprint density at radius 3 is 1.16 bits per heavy atom. The number of amides is 4. The fourth-order valence-corrected chi connectivity index (χ4v) is 13.1. The number of aromatic amines is 1. The smallest absolute Gasteiger partial charge is 0.354 e. The third-order valence-electron chi connectivity index (χ3n) is 18.0. The predicted octanol–water partition coefficient (Wildman–Crippen LogP) is 14.7. The van der Waals surface area contributed by atoms with Gasteiger partial charge in [0, 0.05) is 116 Å². The van der Waals surface area contributed by atoms with Gasteiger partial charge in [-0.05, 0) is 195 Å². The van der Waals surface area contributed by atoms with E-state index in [1.165, 1.54) is 12.3 Å². The fourth-order valence-electron chi connectivity index (χ4n) is 11.6. The molecule has 12 heterocycles. The third-order valence-corrected chi connectivity index (χ3v) is 19.3. The van der Waals surface area contributed by atoms with E-state index in [1.807, 2.05) is 144 Å². The average molecular weight is 1870 g/mol. The van der Waals surface area contributed by atoms with E-state index in [2.05, 4.69) is 157 Å². The molecular formula is C86H89Br3ClN27O6. The number of pyridine rings is 1. The number of carbonyl (C=O) groups excluding carboxylic acids is 4. The highest BCUT2D eigenvalue weighted by Gasteiger charge is 2.19. The number of fused-ring (bicyclic) bond motifs is 4. The van der Waals surface area contributed by atoms with Crippen LogP contribution in [-0.4, -0.2) is 126 Å². The fraction of sp³-hybridized carbons (Fsp3) is 0.151. The number of aromatic nitrogens is 19. The zero-order chi connectivity index (χ0) is 88.0. The summed E-state index contributed by atoms with van der Waals surface area (Å²) in [5.74, 6) is 3.74. The van der Waals surface area contributed by atoms with Crippen molar-refractivity contribution in [3.63, 3.8) is 0 Å². The van der Waals surface area contributed by atoms with Crippen LogP contribution in [-0.2, 0) is 26.2 Å². The van der Waals surface area contributed by atoms with Crippen LogP contribution in [0.2, 0.25) is 0 Å². The number of carbonyl (C=O) groups is 5. The zero-order valence-electron chi connectivity index (χ0n) is 68.1. The van der Waals surface area contributed by atoms with Crippen molar-refractivity contribution >= 4 is 147 Å². The second-order valence-corrected chi connectivity index (χ2v) is 29.8. The van der Waals surface area contributed by atoms with Crippen LogP contribution in [0.5, 0.6) is 0 Å². The molecule has 15 N–H and O–H groups in total. The number of carboxylic acids is 1. The number of H-pyrrole nitrogens is 1. The van der Waals surface area contributed by atoms with E-state index in [0.29, 0.717) is 82.1 Å². The molecule has 0 atom stereocenters. The number of aryl methyl sites for hydroxylation is 3. The second kappa shape index (κ2) is 43.2. The van der Waals surface area contributed by atoms with Crippen LogP contribution in [0.4, 0.5) is 17.5 Å². The first-order valence-electron chi connectivity index (χ1n) is 37.4. The van der Waals surface area contributed by atoms with Crippen molar-refractivity contribution < 1.29 is 29.1 Å². The summed E-state index contributed by atoms with van der Waals surface area (Å²) in [7, 11) is 0. The number of halogens is 4. The number of aromatic carboxylic acids is 1. The van der Waals surface area contributed by atoms with Crippen molar-refractivity contribution in [1.29, 1.82) is 0 Å². The number of hydrogen-bond acceptors (Lipinski definition) is 21. The lowest BCUT2D eigenvalue weighted by molar-refractivity contribution is 0.0689. The summed E-state index contributed by atoms with van der Waals surface area (Å²) in [5.41, 5.74) is 42.1. The van der Waals surface area contributed by atoms with Gasteiger partial charge in [0.1, 0.15) is 32.4 Å². The first-order chi connectivity index (χ1) is 58.4. The Labute approximate surface area is 738 Å². The minimum Gasteiger partial charge on any atom is -0.477 e. The molecule has 37 heteroatoms. The number of carboxylic acid groups (broad SMARTS) is 1. The summed E-state index contributed by atoms with van der Waals surface area (Å²) < 4.78 is 14.0. The highest BCUT2D eigenvalue weighted by molar-refractivity contribution is 9.11. The van der Waals surface area contributed by atoms with Crippen LogP contribution in [0.15, 0.2) is 242 Å². The number of allylic oxidation sites excluding steroid dienone is 3. The number of anilines is 3. The Morgan fingerprint density at radius 2 is 0.829 bits per heavy atom. The van der Waals surface area contributed by atoms with Gasteiger partial charge in [0.2, 0.25) is 23.6 Å². The molecule has 0 saturated heterocycles. The molecule has 0 radical (unpaired) electrons. The van der Waals surface area contributed by atoms with Crippen LogP contribution in [0.3, 0.4) is 0 Å². The van der Waals surface area contributed by atoms with Gasteiger partial charge < -0.3 is 54.7 Å². The molecule has 0 unspecified atom stereocenters. The lowest BCUT2D eigenvalue weighted by Gasteiger charge is -2.13. The Hall–Kier alpha value is -14.2. The van der Waals surface area contributed by atoms with Crippen molar-refractivity contribution in [2.45, 2.75) is 87.5 Å². The number of hydrogen-bond donors (Lipinski definition) is 10. The maximum Gasteiger partial charge on any atom is 0.354 e. The standard InChI is InChI=1S/C21H23N7O.C21H21N7O.C17H16BrN5O.C9H7Br2N3.C8H10N2O.C6H5NO2.C4H6N2.ClH/c2*1-13(2)17-11-25-21-20(24-10-15-4-6-16(7-5-15)19(22)29)26-18(12-28(17)21)27-9-8-23-14(27)3;1-10(2)13-8-21-17-16(22-14(18)9-23(13)17)20-7-11-3-5-12(6-4-11)15(19)24;1-5(2)6-3-12-9-8(11)13-7(10)4-14(6)9;9-5-6-1-3-7(4-2-6)8(10)11;8-6(9)5-3-1-2-4-7-5;1-4-5-2-3-6-4;/h4-9,11-13H,10H2,1-3H3,(H2,22,29)(H,24,26);4-9,11-12H,1,10H2,2-3H3,(H2,22,29)(H,24,26);3-6,8-9H,1,7H2,2H3,(H2,19,24)(H,20,22);3-4H,1H2,2H3;1-4H,5,9H2,(H2,10,11);1-4H,(H,8,9);2-3H,1H3,(H,5,6);1H. The molecule has 4 amide bonds. The Bertz CT molecular complexity index is 6400. The SMILES string of the molecule is C=C(C)c1cnc2c(Br)nc(Br)cn12.C=C(C)c1cnc2c(NCc3ccc(C(N)=O)cc3)nc(-n3ccnc3C)cn12.C=C(C)c1cnc2c(NCc3ccc(C(N)=O)cc3)nc(Br)cn12.Cc1ncc[nH]1.Cc1nccn1-c1cn2c(C(C)C)cnc2c(NCc2ccc(C(N)=O)cc2)n1.Cl.NCc1ccc(C(N)=O)cc1.O=C(O)c1ccccn1. The van der Waals surface area contributed by atoms with E-state index in [4.69, 9.17) is 43.7 Å². The minimum atomic E-state index is -0.990. The van der Waals surface area contributed by atoms with Gasteiger partial charge in [-0.15, -0.1) is 12.4 Å². The molecule has 0 fully saturated rings. The van der Waals surface area contributed by atoms with Crippen molar-refractivity contribution in [1.82, 2.24) is 91.5 Å². The minimum absolute atomic E-state index is 0. The van der Waals surface area contributed by atoms with E-state index >= 15 is 0 Å². The Morgan fingerprint density at radius 1 is 0.455 bits per heavy atom. The lowest BCUT2D eigenvalue weighted by atomic mass is 10.1. The molecule has 0 bridgehead atoms. The highest BCUT2D eigenvalue weighted by Crippen LogP contribution is 2.28. The van der Waals surface area contributed by atoms with Gasteiger partial charge in [-0.3, -0.25) is 45.9 Å². The van der Waals surface area contributed by atoms with Crippen LogP contribution >= 0.6 is 60.2 Å². The summed E-state index contributed by atoms with van der Waals surface area (Å²) in [4.78, 5) is 109. The van der Waals surface area contributed by atoms with Crippen molar-refractivity contribution in [3.05, 3.63) is 332 Å². The number of nitrogens with one attached hydrogen (secondary N) is 4. The van der Waals surface area contributed by atoms with Gasteiger partial charge in [-0.1, -0.05) is 88.2 Å².